The Kier molecular flexibility index (Phi) is 5.67. The van der Waals surface area contributed by atoms with Gasteiger partial charge in [-0.05, 0) is 37.4 Å². The molecule has 0 unspecified atom stereocenters. The summed E-state index contributed by atoms with van der Waals surface area (Å²) < 4.78 is 0. The van der Waals surface area contributed by atoms with Crippen LogP contribution in [0.3, 0.4) is 0 Å². The maximum atomic E-state index is 12.6. The zero-order valence-electron chi connectivity index (χ0n) is 13.1. The standard InChI is InChI=1S/C17H21NO2S2/c1-17(2,20)12-18(3)16(19)14-8-4-5-9-15(14)22-11-13-7-6-10-21-13/h4-10,20H,11-12H2,1-3H3. The second-order valence-corrected chi connectivity index (χ2v) is 7.89. The molecule has 3 nitrogen and oxygen atoms in total. The van der Waals surface area contributed by atoms with Gasteiger partial charge in [-0.25, -0.2) is 0 Å². The lowest BCUT2D eigenvalue weighted by atomic mass is 10.1. The number of carbonyl (C=O) groups excluding carboxylic acids is 1. The van der Waals surface area contributed by atoms with Gasteiger partial charge in [-0.15, -0.1) is 23.1 Å². The van der Waals surface area contributed by atoms with Gasteiger partial charge in [0.05, 0.1) is 11.2 Å². The first-order valence-corrected chi connectivity index (χ1v) is 8.95. The Morgan fingerprint density at radius 1 is 1.27 bits per heavy atom. The van der Waals surface area contributed by atoms with E-state index in [1.165, 1.54) is 4.88 Å². The van der Waals surface area contributed by atoms with Gasteiger partial charge >= 0.3 is 0 Å². The van der Waals surface area contributed by atoms with Crippen LogP contribution in [0.5, 0.6) is 0 Å². The lowest BCUT2D eigenvalue weighted by Crippen LogP contribution is -2.39. The van der Waals surface area contributed by atoms with E-state index in [2.05, 4.69) is 11.4 Å². The fourth-order valence-corrected chi connectivity index (χ4v) is 3.99. The highest BCUT2D eigenvalue weighted by atomic mass is 32.2. The molecule has 0 bridgehead atoms. The fraction of sp³-hybridized carbons (Fsp3) is 0.353. The van der Waals surface area contributed by atoms with Gasteiger partial charge in [0, 0.05) is 29.1 Å². The van der Waals surface area contributed by atoms with Crippen molar-refractivity contribution in [2.75, 3.05) is 13.6 Å². The molecule has 0 aliphatic carbocycles. The van der Waals surface area contributed by atoms with E-state index in [-0.39, 0.29) is 5.91 Å². The quantitative estimate of drug-likeness (QED) is 0.814. The molecule has 0 fully saturated rings. The summed E-state index contributed by atoms with van der Waals surface area (Å²) in [5.41, 5.74) is -0.209. The summed E-state index contributed by atoms with van der Waals surface area (Å²) in [5.74, 6) is 0.799. The fourth-order valence-electron chi connectivity index (χ4n) is 2.17. The Balaban J connectivity index is 2.11. The molecule has 1 heterocycles. The van der Waals surface area contributed by atoms with Gasteiger partial charge in [-0.3, -0.25) is 4.79 Å². The van der Waals surface area contributed by atoms with Gasteiger partial charge < -0.3 is 10.0 Å². The summed E-state index contributed by atoms with van der Waals surface area (Å²) in [6.45, 7) is 3.71. The minimum Gasteiger partial charge on any atom is -0.389 e. The zero-order valence-corrected chi connectivity index (χ0v) is 14.7. The molecule has 5 heteroatoms. The van der Waals surface area contributed by atoms with Gasteiger partial charge in [0.2, 0.25) is 0 Å². The molecule has 1 aromatic carbocycles. The molecule has 1 amide bonds. The molecule has 1 aromatic heterocycles. The van der Waals surface area contributed by atoms with Gasteiger partial charge in [-0.1, -0.05) is 18.2 Å². The predicted octanol–water partition coefficient (Wildman–Crippen LogP) is 3.88. The van der Waals surface area contributed by atoms with Crippen LogP contribution in [0.2, 0.25) is 0 Å². The van der Waals surface area contributed by atoms with Gasteiger partial charge in [0.25, 0.3) is 5.91 Å². The molecule has 1 N–H and O–H groups in total. The molecule has 0 aliphatic rings. The van der Waals surface area contributed by atoms with E-state index in [0.29, 0.717) is 12.1 Å². The Hall–Kier alpha value is -1.30. The average Bonchev–Trinajstić information content (AvgIpc) is 2.96. The summed E-state index contributed by atoms with van der Waals surface area (Å²) in [6.07, 6.45) is 0. The van der Waals surface area contributed by atoms with Crippen molar-refractivity contribution in [2.24, 2.45) is 0 Å². The molecule has 0 atom stereocenters. The minimum absolute atomic E-state index is 0.0589. The van der Waals surface area contributed by atoms with Crippen LogP contribution in [-0.4, -0.2) is 35.1 Å². The van der Waals surface area contributed by atoms with Crippen LogP contribution in [0.1, 0.15) is 29.1 Å². The number of hydrogen-bond donors (Lipinski definition) is 1. The molecule has 0 saturated heterocycles. The zero-order chi connectivity index (χ0) is 16.2. The lowest BCUT2D eigenvalue weighted by molar-refractivity contribution is 0.0366. The van der Waals surface area contributed by atoms with Crippen molar-refractivity contribution in [2.45, 2.75) is 30.1 Å². The summed E-state index contributed by atoms with van der Waals surface area (Å²) in [4.78, 5) is 16.4. The number of hydrogen-bond acceptors (Lipinski definition) is 4. The molecule has 2 aromatic rings. The molecule has 2 rings (SSSR count). The van der Waals surface area contributed by atoms with E-state index < -0.39 is 5.60 Å². The Bertz CT molecular complexity index is 618. The van der Waals surface area contributed by atoms with Crippen LogP contribution in [0.25, 0.3) is 0 Å². The van der Waals surface area contributed by atoms with Crippen molar-refractivity contribution in [1.29, 1.82) is 0 Å². The third kappa shape index (κ3) is 4.87. The van der Waals surface area contributed by atoms with E-state index in [0.717, 1.165) is 10.6 Å². The molecule has 0 saturated carbocycles. The molecule has 118 valence electrons. The number of aliphatic hydroxyl groups is 1. The Morgan fingerprint density at radius 2 is 2.00 bits per heavy atom. The first kappa shape index (κ1) is 17.1. The normalized spacial score (nSPS) is 11.5. The number of likely N-dealkylation sites (N-methyl/N-ethyl adjacent to an activating group) is 1. The number of nitrogens with zero attached hydrogens (tertiary/aromatic N) is 1. The van der Waals surface area contributed by atoms with E-state index >= 15 is 0 Å². The van der Waals surface area contributed by atoms with Crippen molar-refractivity contribution in [3.05, 3.63) is 52.2 Å². The van der Waals surface area contributed by atoms with Crippen LogP contribution >= 0.6 is 23.1 Å². The summed E-state index contributed by atoms with van der Waals surface area (Å²) >= 11 is 3.39. The maximum absolute atomic E-state index is 12.6. The molecule has 22 heavy (non-hydrogen) atoms. The largest absolute Gasteiger partial charge is 0.389 e. The van der Waals surface area contributed by atoms with Crippen LogP contribution < -0.4 is 0 Å². The van der Waals surface area contributed by atoms with Crippen LogP contribution in [0.15, 0.2) is 46.7 Å². The summed E-state index contributed by atoms with van der Waals surface area (Å²) in [5, 5.41) is 11.9. The number of rotatable bonds is 6. The topological polar surface area (TPSA) is 40.5 Å². The van der Waals surface area contributed by atoms with E-state index in [9.17, 15) is 9.90 Å². The minimum atomic E-state index is -0.899. The molecule has 0 spiro atoms. The molecule has 0 aliphatic heterocycles. The van der Waals surface area contributed by atoms with E-state index in [4.69, 9.17) is 0 Å². The molecule has 0 radical (unpaired) electrons. The van der Waals surface area contributed by atoms with Crippen LogP contribution in [-0.2, 0) is 5.75 Å². The highest BCUT2D eigenvalue weighted by Crippen LogP contribution is 2.28. The van der Waals surface area contributed by atoms with Crippen molar-refractivity contribution in [3.63, 3.8) is 0 Å². The highest BCUT2D eigenvalue weighted by molar-refractivity contribution is 7.98. The third-order valence-corrected chi connectivity index (χ3v) is 5.22. The number of thiophene rings is 1. The molecular weight excluding hydrogens is 314 g/mol. The predicted molar refractivity (Wildman–Crippen MR) is 93.6 cm³/mol. The van der Waals surface area contributed by atoms with E-state index in [1.54, 1.807) is 48.9 Å². The average molecular weight is 335 g/mol. The smallest absolute Gasteiger partial charge is 0.254 e. The number of thioether (sulfide) groups is 1. The Morgan fingerprint density at radius 3 is 2.64 bits per heavy atom. The van der Waals surface area contributed by atoms with Crippen LogP contribution in [0, 0.1) is 0 Å². The third-order valence-electron chi connectivity index (χ3n) is 3.04. The van der Waals surface area contributed by atoms with Gasteiger partial charge in [0.15, 0.2) is 0 Å². The maximum Gasteiger partial charge on any atom is 0.254 e. The van der Waals surface area contributed by atoms with Crippen molar-refractivity contribution >= 4 is 29.0 Å². The number of carbonyl (C=O) groups is 1. The van der Waals surface area contributed by atoms with Crippen molar-refractivity contribution < 1.29 is 9.90 Å². The Labute approximate surface area is 140 Å². The monoisotopic (exact) mass is 335 g/mol. The first-order chi connectivity index (χ1) is 10.4. The SMILES string of the molecule is CN(CC(C)(C)O)C(=O)c1ccccc1SCc1cccs1. The number of benzene rings is 1. The summed E-state index contributed by atoms with van der Waals surface area (Å²) in [7, 11) is 1.72. The second-order valence-electron chi connectivity index (χ2n) is 5.84. The van der Waals surface area contributed by atoms with Crippen molar-refractivity contribution in [1.82, 2.24) is 4.90 Å². The highest BCUT2D eigenvalue weighted by Gasteiger charge is 2.22. The van der Waals surface area contributed by atoms with Gasteiger partial charge in [-0.2, -0.15) is 0 Å². The van der Waals surface area contributed by atoms with E-state index in [1.807, 2.05) is 30.3 Å². The first-order valence-electron chi connectivity index (χ1n) is 7.09. The van der Waals surface area contributed by atoms with Crippen molar-refractivity contribution in [3.8, 4) is 0 Å². The lowest BCUT2D eigenvalue weighted by Gasteiger charge is -2.26. The summed E-state index contributed by atoms with van der Waals surface area (Å²) in [6, 6.07) is 11.8. The second kappa shape index (κ2) is 7.31. The van der Waals surface area contributed by atoms with Crippen LogP contribution in [0.4, 0.5) is 0 Å². The van der Waals surface area contributed by atoms with Gasteiger partial charge in [0.1, 0.15) is 0 Å². The molecular formula is C17H21NO2S2. The number of amides is 1.